The van der Waals surface area contributed by atoms with E-state index in [1.54, 1.807) is 36.5 Å². The van der Waals surface area contributed by atoms with Crippen molar-refractivity contribution in [2.24, 2.45) is 0 Å². The van der Waals surface area contributed by atoms with E-state index in [2.05, 4.69) is 6.92 Å². The average Bonchev–Trinajstić information content (AvgIpc) is 2.56. The lowest BCUT2D eigenvalue weighted by molar-refractivity contribution is -0.137. The van der Waals surface area contributed by atoms with Gasteiger partial charge in [-0.05, 0) is 19.3 Å². The first-order valence-corrected chi connectivity index (χ1v) is 8.91. The molecule has 0 aliphatic heterocycles. The largest absolute Gasteiger partial charge is 0.481 e. The van der Waals surface area contributed by atoms with Gasteiger partial charge in [-0.3, -0.25) is 4.79 Å². The predicted molar refractivity (Wildman–Crippen MR) is 100 cm³/mol. The molecule has 0 unspecified atom stereocenters. The van der Waals surface area contributed by atoms with Crippen molar-refractivity contribution in [2.75, 3.05) is 0 Å². The lowest BCUT2D eigenvalue weighted by Gasteiger charge is -2.13. The van der Waals surface area contributed by atoms with Crippen molar-refractivity contribution in [1.29, 1.82) is 0 Å². The van der Waals surface area contributed by atoms with Crippen LogP contribution in [0.5, 0.6) is 0 Å². The minimum atomic E-state index is -1.01. The van der Waals surface area contributed by atoms with Crippen molar-refractivity contribution in [3.05, 3.63) is 48.6 Å². The van der Waals surface area contributed by atoms with E-state index in [0.717, 1.165) is 25.7 Å². The first-order valence-electron chi connectivity index (χ1n) is 8.91. The minimum Gasteiger partial charge on any atom is -0.481 e. The summed E-state index contributed by atoms with van der Waals surface area (Å²) in [6.07, 6.45) is 16.0. The van der Waals surface area contributed by atoms with Gasteiger partial charge in [0.15, 0.2) is 0 Å². The van der Waals surface area contributed by atoms with Gasteiger partial charge in [-0.25, -0.2) is 0 Å². The standard InChI is InChI=1S/C20H32O5/c1-2-3-8-12-17(21)13-9-6-4-5-7-10-14-18(22)19(23)15-11-16-20(24)25/h4-7,9-10,13-14,17-19,21-23H,2-3,8,11-12,15-16H2,1H3,(H,24,25)/b6-4-,7-5+,13-9+,14-10+/t17-,18-,19-/m0/s1. The third-order valence-electron chi connectivity index (χ3n) is 3.59. The molecule has 0 aliphatic carbocycles. The summed E-state index contributed by atoms with van der Waals surface area (Å²) in [6, 6.07) is 0. The third-order valence-corrected chi connectivity index (χ3v) is 3.59. The molecule has 5 heteroatoms. The van der Waals surface area contributed by atoms with Gasteiger partial charge in [-0.15, -0.1) is 0 Å². The Hall–Kier alpha value is -1.69. The summed E-state index contributed by atoms with van der Waals surface area (Å²) in [5.41, 5.74) is 0. The number of aliphatic hydroxyl groups excluding tert-OH is 3. The number of allylic oxidation sites excluding steroid dienone is 6. The van der Waals surface area contributed by atoms with Crippen LogP contribution in [0, 0.1) is 0 Å². The number of unbranched alkanes of at least 4 members (excludes halogenated alkanes) is 2. The van der Waals surface area contributed by atoms with Crippen LogP contribution in [0.1, 0.15) is 51.9 Å². The van der Waals surface area contributed by atoms with Gasteiger partial charge in [0.2, 0.25) is 0 Å². The molecule has 0 aromatic carbocycles. The van der Waals surface area contributed by atoms with Gasteiger partial charge in [0.05, 0.1) is 18.3 Å². The highest BCUT2D eigenvalue weighted by atomic mass is 16.4. The number of hydrogen-bond donors (Lipinski definition) is 4. The Morgan fingerprint density at radius 1 is 0.840 bits per heavy atom. The Labute approximate surface area is 150 Å². The maximum Gasteiger partial charge on any atom is 0.303 e. The van der Waals surface area contributed by atoms with Crippen molar-refractivity contribution in [1.82, 2.24) is 0 Å². The SMILES string of the molecule is CCCCC[C@H](O)/C=C/C=C\C=C\C=C\[C@H](O)[C@@H](O)CCCC(=O)O. The van der Waals surface area contributed by atoms with E-state index in [0.29, 0.717) is 6.42 Å². The molecule has 142 valence electrons. The second-order valence-electron chi connectivity index (χ2n) is 5.95. The van der Waals surface area contributed by atoms with Crippen LogP contribution in [0.4, 0.5) is 0 Å². The molecular weight excluding hydrogens is 320 g/mol. The van der Waals surface area contributed by atoms with E-state index >= 15 is 0 Å². The summed E-state index contributed by atoms with van der Waals surface area (Å²) in [4.78, 5) is 10.4. The van der Waals surface area contributed by atoms with E-state index in [9.17, 15) is 20.1 Å². The molecule has 3 atom stereocenters. The number of carboxylic acids is 1. The Morgan fingerprint density at radius 2 is 1.44 bits per heavy atom. The molecule has 4 N–H and O–H groups in total. The zero-order valence-corrected chi connectivity index (χ0v) is 15.0. The van der Waals surface area contributed by atoms with E-state index in [4.69, 9.17) is 5.11 Å². The summed E-state index contributed by atoms with van der Waals surface area (Å²) >= 11 is 0. The second kappa shape index (κ2) is 15.8. The normalized spacial score (nSPS) is 16.3. The van der Waals surface area contributed by atoms with Crippen LogP contribution >= 0.6 is 0 Å². The number of rotatable bonds is 14. The van der Waals surface area contributed by atoms with Crippen LogP contribution in [0.15, 0.2) is 48.6 Å². The lowest BCUT2D eigenvalue weighted by Crippen LogP contribution is -2.23. The van der Waals surface area contributed by atoms with Gasteiger partial charge in [0.1, 0.15) is 0 Å². The molecule has 0 aromatic heterocycles. The Bertz CT molecular complexity index is 451. The fraction of sp³-hybridized carbons (Fsp3) is 0.550. The van der Waals surface area contributed by atoms with Crippen molar-refractivity contribution in [3.63, 3.8) is 0 Å². The Balaban J connectivity index is 3.97. The van der Waals surface area contributed by atoms with Crippen molar-refractivity contribution >= 4 is 5.97 Å². The highest BCUT2D eigenvalue weighted by molar-refractivity contribution is 5.66. The third kappa shape index (κ3) is 15.6. The molecule has 0 saturated carbocycles. The van der Waals surface area contributed by atoms with Gasteiger partial charge in [-0.2, -0.15) is 0 Å². The van der Waals surface area contributed by atoms with Crippen molar-refractivity contribution in [2.45, 2.75) is 70.2 Å². The van der Waals surface area contributed by atoms with Gasteiger partial charge in [-0.1, -0.05) is 74.8 Å². The van der Waals surface area contributed by atoms with E-state index in [1.165, 1.54) is 6.08 Å². The van der Waals surface area contributed by atoms with E-state index in [-0.39, 0.29) is 12.8 Å². The predicted octanol–water partition coefficient (Wildman–Crippen LogP) is 3.13. The van der Waals surface area contributed by atoms with Gasteiger partial charge < -0.3 is 20.4 Å². The van der Waals surface area contributed by atoms with Gasteiger partial charge in [0.25, 0.3) is 0 Å². The number of carbonyl (C=O) groups is 1. The summed E-state index contributed by atoms with van der Waals surface area (Å²) in [6.45, 7) is 2.13. The molecule has 0 aliphatic rings. The van der Waals surface area contributed by atoms with Crippen LogP contribution in [-0.4, -0.2) is 44.7 Å². The lowest BCUT2D eigenvalue weighted by atomic mass is 10.1. The summed E-state index contributed by atoms with van der Waals surface area (Å²) in [5, 5.41) is 37.6. The van der Waals surface area contributed by atoms with Crippen LogP contribution in [-0.2, 0) is 4.79 Å². The molecule has 0 amide bonds. The molecule has 0 heterocycles. The second-order valence-corrected chi connectivity index (χ2v) is 5.95. The summed E-state index contributed by atoms with van der Waals surface area (Å²) in [7, 11) is 0. The quantitative estimate of drug-likeness (QED) is 0.284. The molecular formula is C20H32O5. The Kier molecular flexibility index (Phi) is 14.7. The van der Waals surface area contributed by atoms with Crippen molar-refractivity contribution < 1.29 is 25.2 Å². The monoisotopic (exact) mass is 352 g/mol. The van der Waals surface area contributed by atoms with E-state index < -0.39 is 24.3 Å². The molecule has 0 bridgehead atoms. The van der Waals surface area contributed by atoms with Crippen molar-refractivity contribution in [3.8, 4) is 0 Å². The van der Waals surface area contributed by atoms with Crippen LogP contribution in [0.2, 0.25) is 0 Å². The van der Waals surface area contributed by atoms with Gasteiger partial charge >= 0.3 is 5.97 Å². The number of hydrogen-bond acceptors (Lipinski definition) is 4. The molecule has 0 radical (unpaired) electrons. The van der Waals surface area contributed by atoms with Gasteiger partial charge in [0, 0.05) is 6.42 Å². The zero-order valence-electron chi connectivity index (χ0n) is 15.0. The molecule has 5 nitrogen and oxygen atoms in total. The number of aliphatic hydroxyl groups is 3. The number of carboxylic acid groups (broad SMARTS) is 1. The van der Waals surface area contributed by atoms with Crippen LogP contribution in [0.25, 0.3) is 0 Å². The Morgan fingerprint density at radius 3 is 2.04 bits per heavy atom. The first kappa shape index (κ1) is 23.3. The summed E-state index contributed by atoms with van der Waals surface area (Å²) in [5.74, 6) is -0.908. The van der Waals surface area contributed by atoms with E-state index in [1.807, 2.05) is 6.08 Å². The smallest absolute Gasteiger partial charge is 0.303 e. The number of aliphatic carboxylic acids is 1. The molecule has 0 aromatic rings. The van der Waals surface area contributed by atoms with Crippen LogP contribution in [0.3, 0.4) is 0 Å². The highest BCUT2D eigenvalue weighted by Crippen LogP contribution is 2.06. The fourth-order valence-electron chi connectivity index (χ4n) is 2.09. The topological polar surface area (TPSA) is 98.0 Å². The molecule has 0 saturated heterocycles. The molecule has 0 fully saturated rings. The van der Waals surface area contributed by atoms with Crippen LogP contribution < -0.4 is 0 Å². The molecule has 0 rings (SSSR count). The minimum absolute atomic E-state index is 0.0149. The zero-order chi connectivity index (χ0) is 18.9. The summed E-state index contributed by atoms with van der Waals surface area (Å²) < 4.78 is 0. The first-order chi connectivity index (χ1) is 12.0. The molecule has 25 heavy (non-hydrogen) atoms. The fourth-order valence-corrected chi connectivity index (χ4v) is 2.09. The molecule has 0 spiro atoms. The maximum atomic E-state index is 10.4. The highest BCUT2D eigenvalue weighted by Gasteiger charge is 2.12. The maximum absolute atomic E-state index is 10.4. The average molecular weight is 352 g/mol.